The van der Waals surface area contributed by atoms with Crippen LogP contribution in [0, 0.1) is 0 Å². The Morgan fingerprint density at radius 1 is 1.24 bits per heavy atom. The molecule has 0 saturated heterocycles. The number of anilines is 2. The lowest BCUT2D eigenvalue weighted by molar-refractivity contribution is 0.0528. The first-order chi connectivity index (χ1) is 9.69. The van der Waals surface area contributed by atoms with Crippen LogP contribution < -0.4 is 16.4 Å². The number of benzene rings is 1. The van der Waals surface area contributed by atoms with Crippen LogP contribution in [0.2, 0.25) is 10.0 Å². The highest BCUT2D eigenvalue weighted by atomic mass is 35.5. The molecule has 21 heavy (non-hydrogen) atoms. The van der Waals surface area contributed by atoms with E-state index in [1.807, 2.05) is 20.8 Å². The van der Waals surface area contributed by atoms with Gasteiger partial charge in [0.25, 0.3) is 0 Å². The van der Waals surface area contributed by atoms with Crippen molar-refractivity contribution < 1.29 is 9.53 Å². The SMILES string of the molecule is CC(C)(C)OC(=O)NCCCNc1c(Cl)cc(N)cc1Cl. The molecule has 0 fully saturated rings. The second-order valence-corrected chi connectivity index (χ2v) is 6.38. The third-order valence-corrected chi connectivity index (χ3v) is 2.98. The van der Waals surface area contributed by atoms with Crippen molar-refractivity contribution in [2.75, 3.05) is 24.1 Å². The molecule has 1 aromatic rings. The van der Waals surface area contributed by atoms with Crippen LogP contribution in [0.3, 0.4) is 0 Å². The lowest BCUT2D eigenvalue weighted by Crippen LogP contribution is -2.33. The zero-order valence-electron chi connectivity index (χ0n) is 12.4. The van der Waals surface area contributed by atoms with Gasteiger partial charge in [0.05, 0.1) is 15.7 Å². The van der Waals surface area contributed by atoms with Crippen molar-refractivity contribution in [2.24, 2.45) is 0 Å². The van der Waals surface area contributed by atoms with E-state index in [2.05, 4.69) is 10.6 Å². The highest BCUT2D eigenvalue weighted by molar-refractivity contribution is 6.39. The molecule has 1 rings (SSSR count). The van der Waals surface area contributed by atoms with Gasteiger partial charge in [0, 0.05) is 18.8 Å². The molecule has 0 spiro atoms. The Bertz CT molecular complexity index is 478. The number of alkyl carbamates (subject to hydrolysis) is 1. The van der Waals surface area contributed by atoms with Crippen molar-refractivity contribution >= 4 is 40.7 Å². The van der Waals surface area contributed by atoms with Gasteiger partial charge in [-0.2, -0.15) is 0 Å². The fourth-order valence-electron chi connectivity index (χ4n) is 1.57. The largest absolute Gasteiger partial charge is 0.444 e. The van der Waals surface area contributed by atoms with Crippen molar-refractivity contribution in [2.45, 2.75) is 32.8 Å². The third-order valence-electron chi connectivity index (χ3n) is 2.39. The standard InChI is InChI=1S/C14H21Cl2N3O2/c1-14(2,3)21-13(20)19-6-4-5-18-12-10(15)7-9(17)8-11(12)16/h7-8,18H,4-6,17H2,1-3H3,(H,19,20). The van der Waals surface area contributed by atoms with Crippen molar-refractivity contribution in [3.63, 3.8) is 0 Å². The maximum absolute atomic E-state index is 11.4. The van der Waals surface area contributed by atoms with Crippen molar-refractivity contribution in [1.29, 1.82) is 0 Å². The second kappa shape index (κ2) is 7.61. The third kappa shape index (κ3) is 6.78. The van der Waals surface area contributed by atoms with Gasteiger partial charge in [0.2, 0.25) is 0 Å². The molecule has 0 radical (unpaired) electrons. The van der Waals surface area contributed by atoms with Crippen LogP contribution in [-0.4, -0.2) is 24.8 Å². The minimum Gasteiger partial charge on any atom is -0.444 e. The van der Waals surface area contributed by atoms with E-state index in [0.29, 0.717) is 40.9 Å². The Kier molecular flexibility index (Phi) is 6.42. The number of rotatable bonds is 5. The quantitative estimate of drug-likeness (QED) is 0.564. The molecule has 0 aliphatic rings. The van der Waals surface area contributed by atoms with Crippen LogP contribution in [0.15, 0.2) is 12.1 Å². The normalized spacial score (nSPS) is 11.1. The average Bonchev–Trinajstić information content (AvgIpc) is 2.29. The van der Waals surface area contributed by atoms with Crippen LogP contribution in [0.1, 0.15) is 27.2 Å². The summed E-state index contributed by atoms with van der Waals surface area (Å²) in [6, 6.07) is 3.27. The van der Waals surface area contributed by atoms with Crippen LogP contribution in [0.25, 0.3) is 0 Å². The van der Waals surface area contributed by atoms with E-state index in [0.717, 1.165) is 0 Å². The number of amides is 1. The first-order valence-electron chi connectivity index (χ1n) is 6.64. The molecular formula is C14H21Cl2N3O2. The van der Waals surface area contributed by atoms with E-state index in [1.165, 1.54) is 0 Å². The summed E-state index contributed by atoms with van der Waals surface area (Å²) >= 11 is 12.1. The summed E-state index contributed by atoms with van der Waals surface area (Å²) in [7, 11) is 0. The summed E-state index contributed by atoms with van der Waals surface area (Å²) in [5, 5.41) is 6.74. The highest BCUT2D eigenvalue weighted by Crippen LogP contribution is 2.32. The summed E-state index contributed by atoms with van der Waals surface area (Å²) < 4.78 is 5.13. The van der Waals surface area contributed by atoms with Crippen molar-refractivity contribution in [3.8, 4) is 0 Å². The first-order valence-corrected chi connectivity index (χ1v) is 7.40. The van der Waals surface area contributed by atoms with Gasteiger partial charge in [-0.1, -0.05) is 23.2 Å². The Hall–Kier alpha value is -1.33. The number of carbonyl (C=O) groups is 1. The van der Waals surface area contributed by atoms with E-state index in [1.54, 1.807) is 12.1 Å². The molecule has 0 aromatic heterocycles. The lowest BCUT2D eigenvalue weighted by atomic mass is 10.2. The van der Waals surface area contributed by atoms with E-state index < -0.39 is 11.7 Å². The van der Waals surface area contributed by atoms with Gasteiger partial charge in [0.15, 0.2) is 0 Å². The van der Waals surface area contributed by atoms with E-state index in [-0.39, 0.29) is 0 Å². The zero-order valence-corrected chi connectivity index (χ0v) is 13.9. The Labute approximate surface area is 135 Å². The fourth-order valence-corrected chi connectivity index (χ4v) is 2.21. The van der Waals surface area contributed by atoms with Gasteiger partial charge >= 0.3 is 6.09 Å². The number of nitrogen functional groups attached to an aromatic ring is 1. The summed E-state index contributed by atoms with van der Waals surface area (Å²) in [6.45, 7) is 6.56. The summed E-state index contributed by atoms with van der Waals surface area (Å²) in [6.07, 6.45) is 0.280. The molecular weight excluding hydrogens is 313 g/mol. The van der Waals surface area contributed by atoms with E-state index in [4.69, 9.17) is 33.7 Å². The Morgan fingerprint density at radius 3 is 2.33 bits per heavy atom. The molecule has 0 heterocycles. The summed E-state index contributed by atoms with van der Waals surface area (Å²) in [5.41, 5.74) is 6.30. The maximum atomic E-state index is 11.4. The first kappa shape index (κ1) is 17.7. The molecule has 5 nitrogen and oxygen atoms in total. The molecule has 0 aliphatic heterocycles. The number of halogens is 2. The lowest BCUT2D eigenvalue weighted by Gasteiger charge is -2.19. The zero-order chi connectivity index (χ0) is 16.0. The van der Waals surface area contributed by atoms with Gasteiger partial charge < -0.3 is 21.1 Å². The van der Waals surface area contributed by atoms with Crippen molar-refractivity contribution in [1.82, 2.24) is 5.32 Å². The molecule has 1 aromatic carbocycles. The number of nitrogens with two attached hydrogens (primary N) is 1. The molecule has 0 aliphatic carbocycles. The van der Waals surface area contributed by atoms with Crippen LogP contribution in [0.4, 0.5) is 16.2 Å². The van der Waals surface area contributed by atoms with E-state index in [9.17, 15) is 4.79 Å². The molecule has 0 bridgehead atoms. The van der Waals surface area contributed by atoms with Gasteiger partial charge in [0.1, 0.15) is 5.60 Å². The monoisotopic (exact) mass is 333 g/mol. The smallest absolute Gasteiger partial charge is 0.407 e. The molecule has 0 atom stereocenters. The van der Waals surface area contributed by atoms with Gasteiger partial charge in [-0.05, 0) is 39.3 Å². The molecule has 118 valence electrons. The molecule has 1 amide bonds. The Morgan fingerprint density at radius 2 is 1.81 bits per heavy atom. The van der Waals surface area contributed by atoms with Gasteiger partial charge in [-0.3, -0.25) is 0 Å². The van der Waals surface area contributed by atoms with Crippen LogP contribution in [-0.2, 0) is 4.74 Å². The predicted molar refractivity (Wildman–Crippen MR) is 88.2 cm³/mol. The fraction of sp³-hybridized carbons (Fsp3) is 0.500. The molecule has 4 N–H and O–H groups in total. The predicted octanol–water partition coefficient (Wildman–Crippen LogP) is 3.90. The minimum absolute atomic E-state index is 0.425. The number of hydrogen-bond acceptors (Lipinski definition) is 4. The second-order valence-electron chi connectivity index (χ2n) is 5.57. The highest BCUT2D eigenvalue weighted by Gasteiger charge is 2.15. The summed E-state index contributed by atoms with van der Waals surface area (Å²) in [4.78, 5) is 11.4. The minimum atomic E-state index is -0.493. The maximum Gasteiger partial charge on any atom is 0.407 e. The number of nitrogens with one attached hydrogen (secondary N) is 2. The number of carbonyl (C=O) groups excluding carboxylic acids is 1. The van der Waals surface area contributed by atoms with Gasteiger partial charge in [-0.25, -0.2) is 4.79 Å². The summed E-state index contributed by atoms with van der Waals surface area (Å²) in [5.74, 6) is 0. The average molecular weight is 334 g/mol. The Balaban J connectivity index is 2.31. The van der Waals surface area contributed by atoms with E-state index >= 15 is 0 Å². The molecule has 0 saturated carbocycles. The topological polar surface area (TPSA) is 76.4 Å². The molecule has 0 unspecified atom stereocenters. The number of hydrogen-bond donors (Lipinski definition) is 3. The van der Waals surface area contributed by atoms with Crippen molar-refractivity contribution in [3.05, 3.63) is 22.2 Å². The number of ether oxygens (including phenoxy) is 1. The molecule has 7 heteroatoms. The van der Waals surface area contributed by atoms with Crippen LogP contribution >= 0.6 is 23.2 Å². The van der Waals surface area contributed by atoms with Gasteiger partial charge in [-0.15, -0.1) is 0 Å². The van der Waals surface area contributed by atoms with Crippen LogP contribution in [0.5, 0.6) is 0 Å².